The number of β-amino-alcohol motifs (C(OH)–C–C–N with tert-alkyl or cyclic N) is 1. The Morgan fingerprint density at radius 2 is 2.31 bits per heavy atom. The number of hydrogen-bond acceptors (Lipinski definition) is 5. The molecule has 1 aliphatic rings. The molecule has 7 nitrogen and oxygen atoms in total. The van der Waals surface area contributed by atoms with Crippen molar-refractivity contribution < 1.29 is 9.90 Å². The number of amides is 1. The van der Waals surface area contributed by atoms with E-state index in [1.165, 1.54) is 0 Å². The minimum absolute atomic E-state index is 0.153. The van der Waals surface area contributed by atoms with Crippen molar-refractivity contribution in [2.75, 3.05) is 31.9 Å². The van der Waals surface area contributed by atoms with Gasteiger partial charge in [0, 0.05) is 48.6 Å². The molecule has 26 heavy (non-hydrogen) atoms. The molecule has 0 spiro atoms. The van der Waals surface area contributed by atoms with E-state index in [1.54, 1.807) is 35.4 Å². The van der Waals surface area contributed by atoms with Gasteiger partial charge in [-0.3, -0.25) is 14.8 Å². The van der Waals surface area contributed by atoms with Crippen LogP contribution < -0.4 is 5.73 Å². The first-order valence-electron chi connectivity index (χ1n) is 8.76. The second-order valence-electron chi connectivity index (χ2n) is 6.60. The molecule has 0 saturated carbocycles. The van der Waals surface area contributed by atoms with E-state index < -0.39 is 0 Å². The molecule has 1 aromatic carbocycles. The maximum atomic E-state index is 12.9. The van der Waals surface area contributed by atoms with Gasteiger partial charge < -0.3 is 15.7 Å². The van der Waals surface area contributed by atoms with E-state index in [9.17, 15) is 9.90 Å². The highest BCUT2D eigenvalue weighted by molar-refractivity contribution is 6.31. The highest BCUT2D eigenvalue weighted by Crippen LogP contribution is 2.24. The van der Waals surface area contributed by atoms with E-state index in [1.807, 2.05) is 0 Å². The molecule has 0 aliphatic carbocycles. The van der Waals surface area contributed by atoms with Crippen LogP contribution in [0.5, 0.6) is 0 Å². The molecule has 2 heterocycles. The second kappa shape index (κ2) is 8.53. The topological polar surface area (TPSA) is 98.5 Å². The molecular formula is C18H24ClN5O2. The number of anilines is 1. The van der Waals surface area contributed by atoms with Crippen LogP contribution in [0.15, 0.2) is 30.5 Å². The van der Waals surface area contributed by atoms with Crippen LogP contribution in [0, 0.1) is 0 Å². The van der Waals surface area contributed by atoms with Crippen LogP contribution in [0.3, 0.4) is 0 Å². The lowest BCUT2D eigenvalue weighted by molar-refractivity contribution is 0.0565. The van der Waals surface area contributed by atoms with Gasteiger partial charge in [-0.05, 0) is 37.6 Å². The highest BCUT2D eigenvalue weighted by Gasteiger charge is 2.22. The molecule has 1 unspecified atom stereocenters. The summed E-state index contributed by atoms with van der Waals surface area (Å²) >= 11 is 6.29. The standard InChI is InChI=1S/C18H24ClN5O2/c19-15-4-1-5-16(20)14(15)12-24(18(26)17-6-7-21-22-17)10-9-23-8-2-3-13(25)11-23/h1,4-7,13,25H,2-3,8-12,20H2,(H,21,22). The molecule has 0 radical (unpaired) electrons. The van der Waals surface area contributed by atoms with Gasteiger partial charge >= 0.3 is 0 Å². The van der Waals surface area contributed by atoms with Crippen molar-refractivity contribution >= 4 is 23.2 Å². The lowest BCUT2D eigenvalue weighted by atomic mass is 10.1. The minimum Gasteiger partial charge on any atom is -0.398 e. The number of nitrogen functional groups attached to an aromatic ring is 1. The van der Waals surface area contributed by atoms with Gasteiger partial charge in [0.1, 0.15) is 5.69 Å². The number of aromatic amines is 1. The minimum atomic E-state index is -0.292. The van der Waals surface area contributed by atoms with Gasteiger partial charge in [0.25, 0.3) is 5.91 Å². The summed E-state index contributed by atoms with van der Waals surface area (Å²) in [5.41, 5.74) is 7.78. The van der Waals surface area contributed by atoms with E-state index in [4.69, 9.17) is 17.3 Å². The van der Waals surface area contributed by atoms with Crippen molar-refractivity contribution in [3.63, 3.8) is 0 Å². The predicted octanol–water partition coefficient (Wildman–Crippen LogP) is 1.74. The Morgan fingerprint density at radius 3 is 3.00 bits per heavy atom. The number of benzene rings is 1. The molecule has 1 fully saturated rings. The van der Waals surface area contributed by atoms with E-state index >= 15 is 0 Å². The number of nitrogens with two attached hydrogens (primary N) is 1. The number of piperidine rings is 1. The van der Waals surface area contributed by atoms with Gasteiger partial charge in [-0.2, -0.15) is 5.10 Å². The molecule has 4 N–H and O–H groups in total. The largest absolute Gasteiger partial charge is 0.398 e. The number of H-pyrrole nitrogens is 1. The molecule has 1 aliphatic heterocycles. The summed E-state index contributed by atoms with van der Waals surface area (Å²) < 4.78 is 0. The van der Waals surface area contributed by atoms with Crippen molar-refractivity contribution in [2.24, 2.45) is 0 Å². The van der Waals surface area contributed by atoms with Crippen LogP contribution in [0.1, 0.15) is 28.9 Å². The Balaban J connectivity index is 1.74. The number of carbonyl (C=O) groups is 1. The lowest BCUT2D eigenvalue weighted by Gasteiger charge is -2.32. The smallest absolute Gasteiger partial charge is 0.272 e. The fourth-order valence-corrected chi connectivity index (χ4v) is 3.47. The number of halogens is 1. The number of aliphatic hydroxyl groups excluding tert-OH is 1. The van der Waals surface area contributed by atoms with Crippen LogP contribution >= 0.6 is 11.6 Å². The molecule has 3 rings (SSSR count). The number of nitrogens with one attached hydrogen (secondary N) is 1. The third-order valence-electron chi connectivity index (χ3n) is 4.69. The molecule has 1 aromatic heterocycles. The van der Waals surface area contributed by atoms with E-state index in [2.05, 4.69) is 15.1 Å². The Bertz CT molecular complexity index is 717. The molecule has 0 bridgehead atoms. The first kappa shape index (κ1) is 18.7. The Morgan fingerprint density at radius 1 is 1.46 bits per heavy atom. The van der Waals surface area contributed by atoms with Crippen LogP contribution in [0.4, 0.5) is 5.69 Å². The van der Waals surface area contributed by atoms with Gasteiger partial charge in [0.15, 0.2) is 0 Å². The first-order valence-corrected chi connectivity index (χ1v) is 9.14. The van der Waals surface area contributed by atoms with Crippen molar-refractivity contribution in [3.05, 3.63) is 46.7 Å². The average molecular weight is 378 g/mol. The zero-order valence-corrected chi connectivity index (χ0v) is 15.3. The number of aromatic nitrogens is 2. The maximum absolute atomic E-state index is 12.9. The average Bonchev–Trinajstić information content (AvgIpc) is 3.15. The number of likely N-dealkylation sites (tertiary alicyclic amines) is 1. The second-order valence-corrected chi connectivity index (χ2v) is 7.01. The zero-order valence-electron chi connectivity index (χ0n) is 14.6. The van der Waals surface area contributed by atoms with E-state index in [0.717, 1.165) is 24.9 Å². The predicted molar refractivity (Wildman–Crippen MR) is 101 cm³/mol. The third-order valence-corrected chi connectivity index (χ3v) is 5.04. The third kappa shape index (κ3) is 4.55. The molecule has 1 saturated heterocycles. The summed E-state index contributed by atoms with van der Waals surface area (Å²) in [5.74, 6) is -0.153. The summed E-state index contributed by atoms with van der Waals surface area (Å²) in [6, 6.07) is 6.99. The molecule has 8 heteroatoms. The number of nitrogens with zero attached hydrogens (tertiary/aromatic N) is 3. The van der Waals surface area contributed by atoms with Gasteiger partial charge in [-0.15, -0.1) is 0 Å². The molecule has 1 amide bonds. The highest BCUT2D eigenvalue weighted by atomic mass is 35.5. The van der Waals surface area contributed by atoms with Crippen molar-refractivity contribution in [1.82, 2.24) is 20.0 Å². The normalized spacial score (nSPS) is 18.0. The molecule has 140 valence electrons. The summed E-state index contributed by atoms with van der Waals surface area (Å²) in [5, 5.41) is 17.0. The molecular weight excluding hydrogens is 354 g/mol. The monoisotopic (exact) mass is 377 g/mol. The fourth-order valence-electron chi connectivity index (χ4n) is 3.23. The zero-order chi connectivity index (χ0) is 18.5. The van der Waals surface area contributed by atoms with Crippen LogP contribution in [0.2, 0.25) is 5.02 Å². The Labute approximate surface area is 157 Å². The quantitative estimate of drug-likeness (QED) is 0.666. The molecule has 1 atom stereocenters. The van der Waals surface area contributed by atoms with E-state index in [0.29, 0.717) is 42.6 Å². The first-order chi connectivity index (χ1) is 12.5. The number of rotatable bonds is 6. The van der Waals surface area contributed by atoms with Gasteiger partial charge in [-0.1, -0.05) is 17.7 Å². The Hall–Kier alpha value is -2.09. The Kier molecular flexibility index (Phi) is 6.13. The van der Waals surface area contributed by atoms with Crippen molar-refractivity contribution in [1.29, 1.82) is 0 Å². The van der Waals surface area contributed by atoms with Crippen molar-refractivity contribution in [2.45, 2.75) is 25.5 Å². The SMILES string of the molecule is Nc1cccc(Cl)c1CN(CCN1CCCC(O)C1)C(=O)c1ccn[nH]1. The molecule has 2 aromatic rings. The van der Waals surface area contributed by atoms with Gasteiger partial charge in [0.2, 0.25) is 0 Å². The fraction of sp³-hybridized carbons (Fsp3) is 0.444. The van der Waals surface area contributed by atoms with Crippen LogP contribution in [-0.4, -0.2) is 63.3 Å². The number of aliphatic hydroxyl groups is 1. The van der Waals surface area contributed by atoms with Crippen molar-refractivity contribution in [3.8, 4) is 0 Å². The van der Waals surface area contributed by atoms with E-state index in [-0.39, 0.29) is 12.0 Å². The summed E-state index contributed by atoms with van der Waals surface area (Å²) in [4.78, 5) is 16.8. The summed E-state index contributed by atoms with van der Waals surface area (Å²) in [6.07, 6.45) is 3.06. The summed E-state index contributed by atoms with van der Waals surface area (Å²) in [7, 11) is 0. The number of carbonyl (C=O) groups excluding carboxylic acids is 1. The lowest BCUT2D eigenvalue weighted by Crippen LogP contribution is -2.44. The number of hydrogen-bond donors (Lipinski definition) is 3. The van der Waals surface area contributed by atoms with Gasteiger partial charge in [-0.25, -0.2) is 0 Å². The summed E-state index contributed by atoms with van der Waals surface area (Å²) in [6.45, 7) is 3.08. The van der Waals surface area contributed by atoms with Gasteiger partial charge in [0.05, 0.1) is 6.10 Å². The van der Waals surface area contributed by atoms with Crippen LogP contribution in [0.25, 0.3) is 0 Å². The maximum Gasteiger partial charge on any atom is 0.272 e. The van der Waals surface area contributed by atoms with Crippen LogP contribution in [-0.2, 0) is 6.54 Å².